The standard InChI is InChI=1S/C16H18ClNO3/c1-16(2,3)21-15(20)18-10-5-4-8-13-12(11-19)7-6-9-14(13)17/h6-7,9,11H,5,10H2,1-3H3,(H,18,20). The summed E-state index contributed by atoms with van der Waals surface area (Å²) < 4.78 is 5.09. The molecule has 0 saturated heterocycles. The quantitative estimate of drug-likeness (QED) is 0.529. The van der Waals surface area contributed by atoms with Crippen molar-refractivity contribution >= 4 is 24.0 Å². The average molecular weight is 308 g/mol. The molecule has 0 bridgehead atoms. The van der Waals surface area contributed by atoms with Crippen LogP contribution in [-0.2, 0) is 4.74 Å². The minimum atomic E-state index is -0.522. The van der Waals surface area contributed by atoms with Gasteiger partial charge in [0, 0.05) is 18.5 Å². The lowest BCUT2D eigenvalue weighted by Gasteiger charge is -2.19. The fourth-order valence-corrected chi connectivity index (χ4v) is 1.69. The molecule has 0 aliphatic rings. The summed E-state index contributed by atoms with van der Waals surface area (Å²) in [5.41, 5.74) is 0.438. The normalized spacial score (nSPS) is 10.3. The van der Waals surface area contributed by atoms with Gasteiger partial charge in [0.15, 0.2) is 6.29 Å². The Morgan fingerprint density at radius 2 is 2.14 bits per heavy atom. The summed E-state index contributed by atoms with van der Waals surface area (Å²) in [6, 6.07) is 5.03. The predicted molar refractivity (Wildman–Crippen MR) is 82.6 cm³/mol. The van der Waals surface area contributed by atoms with Crippen molar-refractivity contribution in [2.75, 3.05) is 6.54 Å². The molecular formula is C16H18ClNO3. The average Bonchev–Trinajstić information content (AvgIpc) is 2.37. The molecule has 0 spiro atoms. The molecule has 1 aromatic carbocycles. The van der Waals surface area contributed by atoms with Crippen molar-refractivity contribution in [3.05, 3.63) is 34.3 Å². The molecular weight excluding hydrogens is 290 g/mol. The van der Waals surface area contributed by atoms with Gasteiger partial charge >= 0.3 is 6.09 Å². The van der Waals surface area contributed by atoms with E-state index in [9.17, 15) is 9.59 Å². The van der Waals surface area contributed by atoms with Crippen LogP contribution in [0.3, 0.4) is 0 Å². The Hall–Kier alpha value is -1.99. The van der Waals surface area contributed by atoms with Crippen LogP contribution in [0.5, 0.6) is 0 Å². The van der Waals surface area contributed by atoms with Crippen molar-refractivity contribution in [1.82, 2.24) is 5.32 Å². The molecule has 0 atom stereocenters. The van der Waals surface area contributed by atoms with Gasteiger partial charge in [-0.25, -0.2) is 4.79 Å². The van der Waals surface area contributed by atoms with Crippen molar-refractivity contribution in [2.45, 2.75) is 32.8 Å². The van der Waals surface area contributed by atoms with Crippen LogP contribution >= 0.6 is 11.6 Å². The van der Waals surface area contributed by atoms with Gasteiger partial charge in [0.2, 0.25) is 0 Å². The zero-order valence-corrected chi connectivity index (χ0v) is 13.1. The molecule has 5 heteroatoms. The van der Waals surface area contributed by atoms with Crippen LogP contribution in [0.1, 0.15) is 43.1 Å². The Morgan fingerprint density at radius 3 is 2.76 bits per heavy atom. The van der Waals surface area contributed by atoms with Gasteiger partial charge in [-0.2, -0.15) is 0 Å². The molecule has 112 valence electrons. The third kappa shape index (κ3) is 6.33. The number of hydrogen-bond donors (Lipinski definition) is 1. The highest BCUT2D eigenvalue weighted by atomic mass is 35.5. The molecule has 21 heavy (non-hydrogen) atoms. The number of carbonyl (C=O) groups excluding carboxylic acids is 2. The first-order valence-corrected chi connectivity index (χ1v) is 6.90. The summed E-state index contributed by atoms with van der Waals surface area (Å²) in [6.07, 6.45) is 0.674. The molecule has 0 radical (unpaired) electrons. The lowest BCUT2D eigenvalue weighted by Crippen LogP contribution is -2.32. The summed E-state index contributed by atoms with van der Waals surface area (Å²) in [7, 11) is 0. The Labute approximate surface area is 129 Å². The molecule has 1 N–H and O–H groups in total. The van der Waals surface area contributed by atoms with Gasteiger partial charge in [0.25, 0.3) is 0 Å². The van der Waals surface area contributed by atoms with E-state index in [1.807, 2.05) is 0 Å². The van der Waals surface area contributed by atoms with Crippen LogP contribution in [-0.4, -0.2) is 24.5 Å². The monoisotopic (exact) mass is 307 g/mol. The maximum Gasteiger partial charge on any atom is 0.407 e. The number of rotatable bonds is 3. The lowest BCUT2D eigenvalue weighted by atomic mass is 10.1. The van der Waals surface area contributed by atoms with E-state index < -0.39 is 11.7 Å². The highest BCUT2D eigenvalue weighted by molar-refractivity contribution is 6.32. The van der Waals surface area contributed by atoms with Gasteiger partial charge in [-0.15, -0.1) is 0 Å². The van der Waals surface area contributed by atoms with Crippen molar-refractivity contribution in [3.63, 3.8) is 0 Å². The Kier molecular flexibility index (Phi) is 6.26. The number of carbonyl (C=O) groups is 2. The van der Waals surface area contributed by atoms with Crippen LogP contribution < -0.4 is 5.32 Å². The number of benzene rings is 1. The maximum absolute atomic E-state index is 11.4. The second-order valence-corrected chi connectivity index (χ2v) is 5.71. The second kappa shape index (κ2) is 7.70. The van der Waals surface area contributed by atoms with Gasteiger partial charge in [0.1, 0.15) is 5.60 Å². The van der Waals surface area contributed by atoms with Crippen molar-refractivity contribution in [2.24, 2.45) is 0 Å². The Morgan fingerprint density at radius 1 is 1.43 bits per heavy atom. The molecule has 1 rings (SSSR count). The maximum atomic E-state index is 11.4. The van der Waals surface area contributed by atoms with E-state index in [1.165, 1.54) is 0 Å². The minimum absolute atomic E-state index is 0.364. The molecule has 1 amide bonds. The molecule has 0 aliphatic carbocycles. The molecule has 0 aromatic heterocycles. The molecule has 0 heterocycles. The van der Waals surface area contributed by atoms with E-state index in [-0.39, 0.29) is 0 Å². The smallest absolute Gasteiger partial charge is 0.407 e. The van der Waals surface area contributed by atoms with E-state index in [4.69, 9.17) is 16.3 Å². The number of halogens is 1. The first kappa shape index (κ1) is 17.1. The number of hydrogen-bond acceptors (Lipinski definition) is 3. The molecule has 0 aliphatic heterocycles. The van der Waals surface area contributed by atoms with Gasteiger partial charge < -0.3 is 10.1 Å². The summed E-state index contributed by atoms with van der Waals surface area (Å²) in [5.74, 6) is 5.72. The van der Waals surface area contributed by atoms with E-state index in [0.29, 0.717) is 29.1 Å². The fraction of sp³-hybridized carbons (Fsp3) is 0.375. The largest absolute Gasteiger partial charge is 0.444 e. The summed E-state index contributed by atoms with van der Waals surface area (Å²) in [5, 5.41) is 3.04. The highest BCUT2D eigenvalue weighted by Crippen LogP contribution is 2.17. The van der Waals surface area contributed by atoms with Crippen LogP contribution in [0.15, 0.2) is 18.2 Å². The van der Waals surface area contributed by atoms with Gasteiger partial charge in [-0.3, -0.25) is 4.79 Å². The molecule has 0 fully saturated rings. The van der Waals surface area contributed by atoms with Crippen molar-refractivity contribution < 1.29 is 14.3 Å². The number of ether oxygens (including phenoxy) is 1. The second-order valence-electron chi connectivity index (χ2n) is 5.30. The molecule has 0 unspecified atom stereocenters. The number of aldehydes is 1. The fourth-order valence-electron chi connectivity index (χ4n) is 1.46. The topological polar surface area (TPSA) is 55.4 Å². The Bertz CT molecular complexity index is 579. The lowest BCUT2D eigenvalue weighted by molar-refractivity contribution is 0.0529. The van der Waals surface area contributed by atoms with E-state index in [1.54, 1.807) is 39.0 Å². The summed E-state index contributed by atoms with van der Waals surface area (Å²) >= 11 is 5.99. The number of alkyl carbamates (subject to hydrolysis) is 1. The van der Waals surface area contributed by atoms with Crippen molar-refractivity contribution in [1.29, 1.82) is 0 Å². The molecule has 0 saturated carbocycles. The first-order valence-electron chi connectivity index (χ1n) is 6.53. The van der Waals surface area contributed by atoms with Gasteiger partial charge in [0.05, 0.1) is 10.6 Å². The zero-order chi connectivity index (χ0) is 15.9. The number of amides is 1. The zero-order valence-electron chi connectivity index (χ0n) is 12.3. The van der Waals surface area contributed by atoms with Crippen LogP contribution in [0, 0.1) is 11.8 Å². The molecule has 4 nitrogen and oxygen atoms in total. The van der Waals surface area contributed by atoms with E-state index in [0.717, 1.165) is 6.29 Å². The third-order valence-electron chi connectivity index (χ3n) is 2.30. The third-order valence-corrected chi connectivity index (χ3v) is 2.62. The van der Waals surface area contributed by atoms with Crippen LogP contribution in [0.4, 0.5) is 4.79 Å². The minimum Gasteiger partial charge on any atom is -0.444 e. The van der Waals surface area contributed by atoms with Crippen LogP contribution in [0.2, 0.25) is 5.02 Å². The van der Waals surface area contributed by atoms with E-state index >= 15 is 0 Å². The summed E-state index contributed by atoms with van der Waals surface area (Å²) in [4.78, 5) is 22.3. The molecule has 1 aromatic rings. The van der Waals surface area contributed by atoms with E-state index in [2.05, 4.69) is 17.2 Å². The predicted octanol–water partition coefficient (Wildman–Crippen LogP) is 3.42. The van der Waals surface area contributed by atoms with Gasteiger partial charge in [-0.05, 0) is 26.8 Å². The first-order chi connectivity index (χ1) is 9.83. The van der Waals surface area contributed by atoms with Crippen molar-refractivity contribution in [3.8, 4) is 11.8 Å². The highest BCUT2D eigenvalue weighted by Gasteiger charge is 2.15. The number of nitrogens with one attached hydrogen (secondary N) is 1. The van der Waals surface area contributed by atoms with Crippen LogP contribution in [0.25, 0.3) is 0 Å². The Balaban J connectivity index is 2.51. The van der Waals surface area contributed by atoms with Gasteiger partial charge in [-0.1, -0.05) is 35.6 Å². The summed E-state index contributed by atoms with van der Waals surface area (Å²) in [6.45, 7) is 5.75. The SMILES string of the molecule is CC(C)(C)OC(=O)NCCC#Cc1c(Cl)cccc1C=O.